The zero-order valence-electron chi connectivity index (χ0n) is 9.21. The van der Waals surface area contributed by atoms with Crippen LogP contribution in [0.1, 0.15) is 45.4 Å². The van der Waals surface area contributed by atoms with Gasteiger partial charge in [-0.1, -0.05) is 25.7 Å². The van der Waals surface area contributed by atoms with Crippen LogP contribution in [-0.4, -0.2) is 19.7 Å². The highest BCUT2D eigenvalue weighted by Crippen LogP contribution is 2.25. The van der Waals surface area contributed by atoms with E-state index in [1.54, 1.807) is 0 Å². The van der Waals surface area contributed by atoms with Crippen LogP contribution in [0.25, 0.3) is 0 Å². The molecule has 3 nitrogen and oxygen atoms in total. The zero-order chi connectivity index (χ0) is 11.3. The molecule has 1 saturated carbocycles. The molecule has 0 aromatic carbocycles. The van der Waals surface area contributed by atoms with Gasteiger partial charge in [0.1, 0.15) is 5.21 Å². The molecule has 1 rings (SSSR count). The maximum Gasteiger partial charge on any atom is 0.225 e. The molecule has 90 valence electrons. The fourth-order valence-electron chi connectivity index (χ4n) is 2.22. The first-order valence-electron chi connectivity index (χ1n) is 5.61. The van der Waals surface area contributed by atoms with E-state index in [4.69, 9.17) is 11.6 Å². The number of rotatable bonds is 4. The van der Waals surface area contributed by atoms with Crippen LogP contribution in [0.2, 0.25) is 0 Å². The van der Waals surface area contributed by atoms with Crippen LogP contribution in [0, 0.1) is 5.92 Å². The van der Waals surface area contributed by atoms with Gasteiger partial charge in [0.05, 0.1) is 0 Å². The van der Waals surface area contributed by atoms with Gasteiger partial charge in [-0.15, -0.1) is 11.6 Å². The average molecular weight is 254 g/mol. The summed E-state index contributed by atoms with van der Waals surface area (Å²) in [6.45, 7) is 1.94. The summed E-state index contributed by atoms with van der Waals surface area (Å²) in [6, 6.07) is 0.0202. The SMILES string of the molecule is C[C@@H](NS(=O)(=O)CCl)C1CCCCCC1. The molecule has 5 heteroatoms. The predicted molar refractivity (Wildman–Crippen MR) is 63.4 cm³/mol. The average Bonchev–Trinajstić information content (AvgIpc) is 2.45. The first-order chi connectivity index (χ1) is 7.05. The maximum absolute atomic E-state index is 11.3. The van der Waals surface area contributed by atoms with E-state index >= 15 is 0 Å². The highest BCUT2D eigenvalue weighted by atomic mass is 35.5. The molecule has 0 heterocycles. The van der Waals surface area contributed by atoms with Crippen LogP contribution >= 0.6 is 11.6 Å². The van der Waals surface area contributed by atoms with Gasteiger partial charge >= 0.3 is 0 Å². The summed E-state index contributed by atoms with van der Waals surface area (Å²) in [6.07, 6.45) is 7.27. The molecule has 1 fully saturated rings. The van der Waals surface area contributed by atoms with Gasteiger partial charge in [-0.2, -0.15) is 0 Å². The van der Waals surface area contributed by atoms with Crippen molar-refractivity contribution in [3.63, 3.8) is 0 Å². The van der Waals surface area contributed by atoms with E-state index in [1.807, 2.05) is 6.92 Å². The van der Waals surface area contributed by atoms with E-state index in [0.717, 1.165) is 12.8 Å². The molecule has 0 unspecified atom stereocenters. The largest absolute Gasteiger partial charge is 0.225 e. The topological polar surface area (TPSA) is 46.2 Å². The molecule has 0 aromatic rings. The minimum Gasteiger partial charge on any atom is -0.211 e. The van der Waals surface area contributed by atoms with Crippen LogP contribution in [-0.2, 0) is 10.0 Å². The van der Waals surface area contributed by atoms with Crippen LogP contribution in [0.4, 0.5) is 0 Å². The number of hydrogen-bond acceptors (Lipinski definition) is 2. The van der Waals surface area contributed by atoms with Crippen molar-refractivity contribution in [2.45, 2.75) is 51.5 Å². The number of hydrogen-bond donors (Lipinski definition) is 1. The van der Waals surface area contributed by atoms with Crippen molar-refractivity contribution in [2.75, 3.05) is 5.21 Å². The molecule has 0 aliphatic heterocycles. The van der Waals surface area contributed by atoms with Crippen molar-refractivity contribution < 1.29 is 8.42 Å². The summed E-state index contributed by atoms with van der Waals surface area (Å²) in [4.78, 5) is 0. The Labute approximate surface area is 97.6 Å². The molecule has 1 aliphatic carbocycles. The summed E-state index contributed by atoms with van der Waals surface area (Å²) in [5.74, 6) is 0.477. The molecular weight excluding hydrogens is 234 g/mol. The molecular formula is C10H20ClNO2S. The van der Waals surface area contributed by atoms with Gasteiger partial charge in [0, 0.05) is 6.04 Å². The third-order valence-corrected chi connectivity index (χ3v) is 5.00. The first-order valence-corrected chi connectivity index (χ1v) is 7.80. The number of alkyl halides is 1. The Bertz CT molecular complexity index is 271. The molecule has 0 bridgehead atoms. The number of halogens is 1. The molecule has 15 heavy (non-hydrogen) atoms. The zero-order valence-corrected chi connectivity index (χ0v) is 10.8. The lowest BCUT2D eigenvalue weighted by Gasteiger charge is -2.22. The van der Waals surface area contributed by atoms with E-state index in [-0.39, 0.29) is 11.3 Å². The third kappa shape index (κ3) is 4.70. The van der Waals surface area contributed by atoms with Crippen molar-refractivity contribution in [3.05, 3.63) is 0 Å². The Morgan fingerprint density at radius 1 is 1.27 bits per heavy atom. The normalized spacial score (nSPS) is 22.3. The van der Waals surface area contributed by atoms with Crippen molar-refractivity contribution in [2.24, 2.45) is 5.92 Å². The van der Waals surface area contributed by atoms with Crippen molar-refractivity contribution in [3.8, 4) is 0 Å². The van der Waals surface area contributed by atoms with Crippen molar-refractivity contribution in [1.29, 1.82) is 0 Å². The van der Waals surface area contributed by atoms with Crippen molar-refractivity contribution in [1.82, 2.24) is 4.72 Å². The van der Waals surface area contributed by atoms with Crippen LogP contribution in [0.5, 0.6) is 0 Å². The minimum absolute atomic E-state index is 0.0202. The molecule has 1 atom stereocenters. The molecule has 0 radical (unpaired) electrons. The molecule has 0 amide bonds. The van der Waals surface area contributed by atoms with E-state index in [2.05, 4.69) is 4.72 Å². The fourth-order valence-corrected chi connectivity index (χ4v) is 3.23. The molecule has 0 aromatic heterocycles. The summed E-state index contributed by atoms with van der Waals surface area (Å²) in [5.41, 5.74) is 0. The Morgan fingerprint density at radius 3 is 2.27 bits per heavy atom. The van der Waals surface area contributed by atoms with E-state index < -0.39 is 10.0 Å². The third-order valence-electron chi connectivity index (χ3n) is 3.12. The fraction of sp³-hybridized carbons (Fsp3) is 1.00. The van der Waals surface area contributed by atoms with Gasteiger partial charge in [0.15, 0.2) is 0 Å². The smallest absolute Gasteiger partial charge is 0.211 e. The van der Waals surface area contributed by atoms with Crippen LogP contribution in [0.3, 0.4) is 0 Å². The second-order valence-electron chi connectivity index (χ2n) is 4.38. The quantitative estimate of drug-likeness (QED) is 0.618. The minimum atomic E-state index is -3.26. The monoisotopic (exact) mass is 253 g/mol. The second-order valence-corrected chi connectivity index (χ2v) is 6.72. The van der Waals surface area contributed by atoms with E-state index in [0.29, 0.717) is 5.92 Å². The molecule has 1 aliphatic rings. The summed E-state index contributed by atoms with van der Waals surface area (Å²) in [5, 5.41) is -0.343. The van der Waals surface area contributed by atoms with Gasteiger partial charge in [0.2, 0.25) is 10.0 Å². The van der Waals surface area contributed by atoms with E-state index in [1.165, 1.54) is 25.7 Å². The highest BCUT2D eigenvalue weighted by molar-refractivity contribution is 7.90. The Morgan fingerprint density at radius 2 is 1.80 bits per heavy atom. The van der Waals surface area contributed by atoms with Gasteiger partial charge in [-0.3, -0.25) is 0 Å². The standard InChI is InChI=1S/C10H20ClNO2S/c1-9(12-15(13,14)8-11)10-6-4-2-3-5-7-10/h9-10,12H,2-8H2,1H3/t9-/m1/s1. The van der Waals surface area contributed by atoms with Crippen LogP contribution < -0.4 is 4.72 Å². The highest BCUT2D eigenvalue weighted by Gasteiger charge is 2.22. The van der Waals surface area contributed by atoms with Crippen LogP contribution in [0.15, 0.2) is 0 Å². The lowest BCUT2D eigenvalue weighted by Crippen LogP contribution is -2.38. The lowest BCUT2D eigenvalue weighted by atomic mass is 9.94. The van der Waals surface area contributed by atoms with Gasteiger partial charge in [0.25, 0.3) is 0 Å². The van der Waals surface area contributed by atoms with Crippen molar-refractivity contribution >= 4 is 21.6 Å². The lowest BCUT2D eigenvalue weighted by molar-refractivity contribution is 0.371. The Hall–Kier alpha value is 0.200. The summed E-state index contributed by atoms with van der Waals surface area (Å²) >= 11 is 5.36. The Kier molecular flexibility index (Phi) is 5.36. The number of nitrogens with one attached hydrogen (secondary N) is 1. The Balaban J connectivity index is 2.47. The molecule has 1 N–H and O–H groups in total. The van der Waals surface area contributed by atoms with Gasteiger partial charge in [-0.05, 0) is 25.7 Å². The van der Waals surface area contributed by atoms with Gasteiger partial charge in [-0.25, -0.2) is 13.1 Å². The maximum atomic E-state index is 11.3. The predicted octanol–water partition coefficient (Wildman–Crippen LogP) is 2.46. The molecule has 0 saturated heterocycles. The number of sulfonamides is 1. The molecule has 0 spiro atoms. The summed E-state index contributed by atoms with van der Waals surface area (Å²) in [7, 11) is -3.26. The van der Waals surface area contributed by atoms with E-state index in [9.17, 15) is 8.42 Å². The van der Waals surface area contributed by atoms with Gasteiger partial charge < -0.3 is 0 Å². The second kappa shape index (κ2) is 6.06. The summed E-state index contributed by atoms with van der Waals surface area (Å²) < 4.78 is 25.2. The first kappa shape index (κ1) is 13.3.